The van der Waals surface area contributed by atoms with Gasteiger partial charge in [0, 0.05) is 44.1 Å². The number of hydrogen-bond acceptors (Lipinski definition) is 7. The predicted molar refractivity (Wildman–Crippen MR) is 125 cm³/mol. The zero-order valence-electron chi connectivity index (χ0n) is 17.6. The minimum absolute atomic E-state index is 0.287. The Morgan fingerprint density at radius 2 is 1.83 bits per heavy atom. The average Bonchev–Trinajstić information content (AvgIpc) is 3.51. The lowest BCUT2D eigenvalue weighted by Crippen LogP contribution is -2.50. The zero-order valence-corrected chi connectivity index (χ0v) is 19.2. The van der Waals surface area contributed by atoms with Crippen LogP contribution < -0.4 is 4.90 Å². The molecule has 2 fully saturated rings. The summed E-state index contributed by atoms with van der Waals surface area (Å²) in [6.45, 7) is 10.3. The number of likely N-dealkylation sites (tertiary alicyclic amines) is 1. The Hall–Kier alpha value is -2.03. The van der Waals surface area contributed by atoms with Crippen molar-refractivity contribution >= 4 is 44.6 Å². The van der Waals surface area contributed by atoms with Gasteiger partial charge in [-0.15, -0.1) is 22.7 Å². The molecule has 0 unspecified atom stereocenters. The molecule has 0 saturated carbocycles. The lowest BCUT2D eigenvalue weighted by molar-refractivity contribution is -0.131. The molecule has 3 aromatic heterocycles. The number of fused-ring (bicyclic) bond motifs is 1. The molecule has 2 aliphatic heterocycles. The number of aromatic nitrogens is 2. The number of aryl methyl sites for hydroxylation is 2. The van der Waals surface area contributed by atoms with Crippen molar-refractivity contribution in [2.24, 2.45) is 0 Å². The number of nitrogens with zero attached hydrogens (tertiary/aromatic N) is 5. The van der Waals surface area contributed by atoms with Crippen molar-refractivity contribution in [3.8, 4) is 10.7 Å². The zero-order chi connectivity index (χ0) is 20.7. The number of carbonyl (C=O) groups is 1. The van der Waals surface area contributed by atoms with Gasteiger partial charge in [0.2, 0.25) is 5.91 Å². The minimum Gasteiger partial charge on any atom is -0.353 e. The molecule has 0 radical (unpaired) electrons. The summed E-state index contributed by atoms with van der Waals surface area (Å²) < 4.78 is 0. The highest BCUT2D eigenvalue weighted by Crippen LogP contribution is 2.37. The van der Waals surface area contributed by atoms with E-state index >= 15 is 0 Å². The van der Waals surface area contributed by atoms with Crippen LogP contribution in [-0.4, -0.2) is 71.5 Å². The van der Waals surface area contributed by atoms with E-state index in [2.05, 4.69) is 35.1 Å². The van der Waals surface area contributed by atoms with E-state index < -0.39 is 0 Å². The van der Waals surface area contributed by atoms with Crippen molar-refractivity contribution in [2.75, 3.05) is 50.7 Å². The monoisotopic (exact) mass is 441 g/mol. The fraction of sp³-hybridized carbons (Fsp3) is 0.500. The second kappa shape index (κ2) is 8.24. The first-order valence-electron chi connectivity index (χ1n) is 10.7. The quantitative estimate of drug-likeness (QED) is 0.617. The first-order valence-corrected chi connectivity index (χ1v) is 12.4. The third kappa shape index (κ3) is 3.72. The third-order valence-corrected chi connectivity index (χ3v) is 8.21. The largest absolute Gasteiger partial charge is 0.353 e. The highest BCUT2D eigenvalue weighted by molar-refractivity contribution is 7.19. The Morgan fingerprint density at radius 3 is 2.53 bits per heavy atom. The summed E-state index contributed by atoms with van der Waals surface area (Å²) in [6, 6.07) is 4.14. The molecule has 5 heterocycles. The highest BCUT2D eigenvalue weighted by atomic mass is 32.1. The molecule has 6 nitrogen and oxygen atoms in total. The number of rotatable bonds is 4. The van der Waals surface area contributed by atoms with Crippen LogP contribution in [0.3, 0.4) is 0 Å². The molecule has 8 heteroatoms. The van der Waals surface area contributed by atoms with E-state index in [1.165, 1.54) is 15.8 Å². The molecule has 5 rings (SSSR count). The first-order chi connectivity index (χ1) is 14.6. The van der Waals surface area contributed by atoms with Gasteiger partial charge in [0.05, 0.1) is 16.8 Å². The van der Waals surface area contributed by atoms with E-state index in [1.807, 2.05) is 11.0 Å². The summed E-state index contributed by atoms with van der Waals surface area (Å²) in [5, 5.41) is 3.27. The molecular weight excluding hydrogens is 414 g/mol. The molecule has 0 aliphatic carbocycles. The summed E-state index contributed by atoms with van der Waals surface area (Å²) >= 11 is 3.44. The first kappa shape index (κ1) is 19.9. The van der Waals surface area contributed by atoms with Crippen LogP contribution in [0.1, 0.15) is 23.3 Å². The lowest BCUT2D eigenvalue weighted by atomic mass is 10.2. The van der Waals surface area contributed by atoms with E-state index in [9.17, 15) is 4.79 Å². The van der Waals surface area contributed by atoms with Gasteiger partial charge in [-0.1, -0.05) is 6.07 Å². The molecule has 158 valence electrons. The number of amides is 1. The van der Waals surface area contributed by atoms with Crippen LogP contribution in [0, 0.1) is 13.8 Å². The van der Waals surface area contributed by atoms with Gasteiger partial charge in [0.15, 0.2) is 5.82 Å². The molecule has 0 atom stereocenters. The summed E-state index contributed by atoms with van der Waals surface area (Å²) in [5.74, 6) is 2.16. The predicted octanol–water partition coefficient (Wildman–Crippen LogP) is 3.78. The van der Waals surface area contributed by atoms with E-state index in [0.717, 1.165) is 73.5 Å². The lowest BCUT2D eigenvalue weighted by Gasteiger charge is -2.36. The van der Waals surface area contributed by atoms with Gasteiger partial charge >= 0.3 is 0 Å². The molecule has 3 aromatic rings. The Balaban J connectivity index is 1.37. The summed E-state index contributed by atoms with van der Waals surface area (Å²) in [4.78, 5) is 32.6. The van der Waals surface area contributed by atoms with Crippen molar-refractivity contribution < 1.29 is 4.79 Å². The fourth-order valence-electron chi connectivity index (χ4n) is 4.35. The van der Waals surface area contributed by atoms with Crippen molar-refractivity contribution in [1.29, 1.82) is 0 Å². The van der Waals surface area contributed by atoms with E-state index in [1.54, 1.807) is 22.7 Å². The van der Waals surface area contributed by atoms with Crippen molar-refractivity contribution in [1.82, 2.24) is 19.8 Å². The Morgan fingerprint density at radius 1 is 1.07 bits per heavy atom. The summed E-state index contributed by atoms with van der Waals surface area (Å²) in [7, 11) is 0. The summed E-state index contributed by atoms with van der Waals surface area (Å²) in [5.41, 5.74) is 1.29. The maximum atomic E-state index is 12.5. The smallest absolute Gasteiger partial charge is 0.236 e. The van der Waals surface area contributed by atoms with Gasteiger partial charge in [-0.05, 0) is 43.7 Å². The van der Waals surface area contributed by atoms with Crippen molar-refractivity contribution in [3.63, 3.8) is 0 Å². The van der Waals surface area contributed by atoms with Gasteiger partial charge < -0.3 is 9.80 Å². The standard InChI is InChI=1S/C22H27N5OS2/c1-15-16(2)30-22-19(15)21(23-20(24-22)17-6-5-13-29-17)27-11-9-25(10-12-27)14-18(28)26-7-3-4-8-26/h5-6,13H,3-4,7-12,14H2,1-2H3. The Bertz CT molecular complexity index is 1050. The number of anilines is 1. The van der Waals surface area contributed by atoms with Crippen LogP contribution in [0.4, 0.5) is 5.82 Å². The highest BCUT2D eigenvalue weighted by Gasteiger charge is 2.26. The second-order valence-corrected chi connectivity index (χ2v) is 10.3. The topological polar surface area (TPSA) is 52.6 Å². The van der Waals surface area contributed by atoms with Crippen LogP contribution in [0.25, 0.3) is 20.9 Å². The van der Waals surface area contributed by atoms with Crippen molar-refractivity contribution in [3.05, 3.63) is 28.0 Å². The normalized spacial score (nSPS) is 17.9. The van der Waals surface area contributed by atoms with Crippen LogP contribution in [0.5, 0.6) is 0 Å². The number of hydrogen-bond donors (Lipinski definition) is 0. The number of carbonyl (C=O) groups excluding carboxylic acids is 1. The van der Waals surface area contributed by atoms with Crippen LogP contribution in [-0.2, 0) is 4.79 Å². The fourth-order valence-corrected chi connectivity index (χ4v) is 6.03. The summed E-state index contributed by atoms with van der Waals surface area (Å²) in [6.07, 6.45) is 2.30. The molecule has 30 heavy (non-hydrogen) atoms. The van der Waals surface area contributed by atoms with Crippen LogP contribution >= 0.6 is 22.7 Å². The van der Waals surface area contributed by atoms with Gasteiger partial charge in [-0.2, -0.15) is 0 Å². The number of piperazine rings is 1. The van der Waals surface area contributed by atoms with Crippen molar-refractivity contribution in [2.45, 2.75) is 26.7 Å². The molecule has 2 saturated heterocycles. The minimum atomic E-state index is 0.287. The molecule has 0 bridgehead atoms. The SMILES string of the molecule is Cc1sc2nc(-c3cccs3)nc(N3CCN(CC(=O)N4CCCC4)CC3)c2c1C. The van der Waals surface area contributed by atoms with Gasteiger partial charge in [0.25, 0.3) is 0 Å². The molecule has 0 aromatic carbocycles. The van der Waals surface area contributed by atoms with Crippen LogP contribution in [0.2, 0.25) is 0 Å². The van der Waals surface area contributed by atoms with Gasteiger partial charge in [-0.3, -0.25) is 9.69 Å². The third-order valence-electron chi connectivity index (χ3n) is 6.24. The van der Waals surface area contributed by atoms with E-state index in [-0.39, 0.29) is 5.91 Å². The van der Waals surface area contributed by atoms with Gasteiger partial charge in [0.1, 0.15) is 10.6 Å². The Labute approximate surface area is 185 Å². The van der Waals surface area contributed by atoms with Gasteiger partial charge in [-0.25, -0.2) is 9.97 Å². The number of thiophene rings is 2. The molecule has 0 N–H and O–H groups in total. The maximum Gasteiger partial charge on any atom is 0.236 e. The van der Waals surface area contributed by atoms with E-state index in [4.69, 9.17) is 9.97 Å². The van der Waals surface area contributed by atoms with E-state index in [0.29, 0.717) is 6.54 Å². The molecule has 2 aliphatic rings. The molecule has 0 spiro atoms. The van der Waals surface area contributed by atoms with Crippen LogP contribution in [0.15, 0.2) is 17.5 Å². The second-order valence-electron chi connectivity index (χ2n) is 8.16. The molecular formula is C22H27N5OS2. The Kier molecular flexibility index (Phi) is 5.47. The average molecular weight is 442 g/mol. The maximum absolute atomic E-state index is 12.5. The molecule has 1 amide bonds.